The van der Waals surface area contributed by atoms with E-state index >= 15 is 4.39 Å². The van der Waals surface area contributed by atoms with E-state index in [1.165, 1.54) is 6.07 Å². The molecule has 3 aliphatic heterocycles. The van der Waals surface area contributed by atoms with Gasteiger partial charge in [-0.05, 0) is 74.9 Å². The van der Waals surface area contributed by atoms with Crippen molar-refractivity contribution in [1.82, 2.24) is 24.8 Å². The number of piperazine rings is 1. The van der Waals surface area contributed by atoms with Gasteiger partial charge in [0.25, 0.3) is 0 Å². The van der Waals surface area contributed by atoms with Crippen molar-refractivity contribution < 1.29 is 37.0 Å². The number of cyclic esters (lactones) is 1. The van der Waals surface area contributed by atoms with Crippen LogP contribution in [0.3, 0.4) is 0 Å². The summed E-state index contributed by atoms with van der Waals surface area (Å²) in [6.45, 7) is 8.36. The highest BCUT2D eigenvalue weighted by Crippen LogP contribution is 2.30. The number of carbonyl (C=O) groups excluding carboxylic acids is 2. The van der Waals surface area contributed by atoms with Crippen LogP contribution in [0.5, 0.6) is 0 Å². The van der Waals surface area contributed by atoms with Gasteiger partial charge in [0.15, 0.2) is 5.82 Å². The quantitative estimate of drug-likeness (QED) is 0.376. The minimum absolute atomic E-state index is 0.0437. The van der Waals surface area contributed by atoms with E-state index in [0.29, 0.717) is 55.4 Å². The van der Waals surface area contributed by atoms with Crippen molar-refractivity contribution in [2.75, 3.05) is 44.7 Å². The predicted octanol–water partition coefficient (Wildman–Crippen LogP) is 3.76. The Kier molecular flexibility index (Phi) is 11.0. The van der Waals surface area contributed by atoms with Crippen LogP contribution in [0.25, 0.3) is 17.1 Å². The number of likely N-dealkylation sites (N-methyl/N-ethyl adjacent to an activating group) is 1. The van der Waals surface area contributed by atoms with Gasteiger partial charge in [-0.15, -0.1) is 5.10 Å². The lowest BCUT2D eigenvalue weighted by molar-refractivity contribution is -0.151. The van der Waals surface area contributed by atoms with Gasteiger partial charge in [-0.3, -0.25) is 4.79 Å². The Morgan fingerprint density at radius 2 is 1.79 bits per heavy atom. The molecule has 5 atom stereocenters. The number of nitrogens with zero attached hydrogens (tertiary/aromatic N) is 5. The number of hydrogen-bond donors (Lipinski definition) is 1. The van der Waals surface area contributed by atoms with Crippen LogP contribution < -0.4 is 0 Å². The Morgan fingerprint density at radius 1 is 1.09 bits per heavy atom. The summed E-state index contributed by atoms with van der Waals surface area (Å²) in [5, 5.41) is 18.8. The number of aliphatic hydroxyl groups excluding tert-OH is 1. The van der Waals surface area contributed by atoms with Gasteiger partial charge < -0.3 is 24.4 Å². The Hall–Kier alpha value is -3.36. The number of aromatic nitrogens is 3. The molecule has 5 rings (SSSR count). The summed E-state index contributed by atoms with van der Waals surface area (Å²) in [6, 6.07) is 2.88. The third-order valence-electron chi connectivity index (χ3n) is 9.52. The van der Waals surface area contributed by atoms with E-state index in [1.54, 1.807) is 28.6 Å². The molecule has 1 aromatic carbocycles. The Labute approximate surface area is 275 Å². The highest BCUT2D eigenvalue weighted by Gasteiger charge is 2.30. The first-order valence-electron chi connectivity index (χ1n) is 16.4. The van der Waals surface area contributed by atoms with Gasteiger partial charge in [-0.2, -0.15) is 0 Å². The zero-order valence-electron chi connectivity index (χ0n) is 27.5. The monoisotopic (exact) mass is 675 g/mol. The van der Waals surface area contributed by atoms with E-state index in [2.05, 4.69) is 15.2 Å². The van der Waals surface area contributed by atoms with Crippen LogP contribution in [0.2, 0.25) is 0 Å². The standard InChI is InChI=1S/C33H46FN5O7S/c1-21-5-7-26(40)20-30(41)46-32(22(2)6-8-29(21)45-33(42)38-13-11-37(4)12-14-38)23(3)17-24-18-27(34)31-28(19-24)39(36-35-31)25-9-15-47(43,44)16-10-25/h6,8,17-19,21-22,25-26,29,32,40H,5,7,9-16,20H2,1-4H3/b8-6+,23-17+/t21-,22-,26+,29-,32-/m0/s1. The lowest BCUT2D eigenvalue weighted by Crippen LogP contribution is -2.48. The SMILES string of the molecule is C/C(=C\c1cc(F)c2nnn(C3CCS(=O)(=O)CC3)c2c1)[C@H]1OC(=O)C[C@H](O)CC[C@H](C)[C@@H](OC(=O)N2CCN(C)CC2)/C=C/[C@@H]1C. The maximum Gasteiger partial charge on any atom is 0.410 e. The van der Waals surface area contributed by atoms with Crippen molar-refractivity contribution >= 4 is 39.0 Å². The van der Waals surface area contributed by atoms with Gasteiger partial charge in [0.05, 0.1) is 35.6 Å². The molecule has 0 spiro atoms. The molecule has 0 aliphatic carbocycles. The summed E-state index contributed by atoms with van der Waals surface area (Å²) >= 11 is 0. The molecule has 3 aliphatic rings. The van der Waals surface area contributed by atoms with Gasteiger partial charge in [-0.25, -0.2) is 22.3 Å². The van der Waals surface area contributed by atoms with Gasteiger partial charge >= 0.3 is 12.1 Å². The van der Waals surface area contributed by atoms with Gasteiger partial charge in [-0.1, -0.05) is 31.2 Å². The molecule has 1 amide bonds. The van der Waals surface area contributed by atoms with Crippen molar-refractivity contribution in [1.29, 1.82) is 0 Å². The fourth-order valence-corrected chi connectivity index (χ4v) is 7.94. The smallest absolute Gasteiger partial charge is 0.410 e. The van der Waals surface area contributed by atoms with Crippen LogP contribution in [0.1, 0.15) is 64.5 Å². The number of benzene rings is 1. The molecule has 1 aromatic heterocycles. The van der Waals surface area contributed by atoms with Crippen molar-refractivity contribution in [3.63, 3.8) is 0 Å². The lowest BCUT2D eigenvalue weighted by atomic mass is 9.91. The van der Waals surface area contributed by atoms with E-state index in [-0.39, 0.29) is 47.4 Å². The molecule has 2 fully saturated rings. The summed E-state index contributed by atoms with van der Waals surface area (Å²) in [5.74, 6) is -1.48. The van der Waals surface area contributed by atoms with Crippen molar-refractivity contribution in [2.24, 2.45) is 11.8 Å². The summed E-state index contributed by atoms with van der Waals surface area (Å²) in [6.07, 6.45) is 4.33. The maximum absolute atomic E-state index is 15.3. The third kappa shape index (κ3) is 8.76. The number of halogens is 1. The second-order valence-corrected chi connectivity index (χ2v) is 15.7. The van der Waals surface area contributed by atoms with Crippen LogP contribution in [-0.2, 0) is 24.1 Å². The van der Waals surface area contributed by atoms with E-state index in [9.17, 15) is 23.1 Å². The molecule has 2 aromatic rings. The number of carbonyl (C=O) groups is 2. The normalized spacial score (nSPS) is 29.5. The first-order valence-corrected chi connectivity index (χ1v) is 18.2. The molecule has 0 bridgehead atoms. The Balaban J connectivity index is 1.40. The summed E-state index contributed by atoms with van der Waals surface area (Å²) in [4.78, 5) is 29.9. The number of esters is 1. The molecular weight excluding hydrogens is 629 g/mol. The molecule has 14 heteroatoms. The molecule has 0 unspecified atom stereocenters. The van der Waals surface area contributed by atoms with E-state index in [0.717, 1.165) is 13.1 Å². The van der Waals surface area contributed by atoms with E-state index in [1.807, 2.05) is 33.0 Å². The zero-order valence-corrected chi connectivity index (χ0v) is 28.4. The van der Waals surface area contributed by atoms with E-state index < -0.39 is 39.9 Å². The van der Waals surface area contributed by atoms with Gasteiger partial charge in [0.2, 0.25) is 0 Å². The third-order valence-corrected chi connectivity index (χ3v) is 11.2. The van der Waals surface area contributed by atoms with E-state index in [4.69, 9.17) is 9.47 Å². The maximum atomic E-state index is 15.3. The second-order valence-electron chi connectivity index (χ2n) is 13.4. The summed E-state index contributed by atoms with van der Waals surface area (Å²) < 4.78 is 52.7. The molecule has 2 saturated heterocycles. The molecular formula is C33H46FN5O7S. The number of ether oxygens (including phenoxy) is 2. The van der Waals surface area contributed by atoms with Gasteiger partial charge in [0, 0.05) is 32.1 Å². The van der Waals surface area contributed by atoms with Crippen molar-refractivity contribution in [3.8, 4) is 0 Å². The number of fused-ring (bicyclic) bond motifs is 1. The van der Waals surface area contributed by atoms with Crippen molar-refractivity contribution in [2.45, 2.75) is 77.2 Å². The average molecular weight is 676 g/mol. The summed E-state index contributed by atoms with van der Waals surface area (Å²) in [5.41, 5.74) is 1.70. The zero-order chi connectivity index (χ0) is 33.9. The Morgan fingerprint density at radius 3 is 2.49 bits per heavy atom. The topological polar surface area (TPSA) is 144 Å². The molecule has 0 saturated carbocycles. The minimum atomic E-state index is -3.09. The van der Waals surface area contributed by atoms with Crippen LogP contribution >= 0.6 is 0 Å². The largest absolute Gasteiger partial charge is 0.457 e. The minimum Gasteiger partial charge on any atom is -0.457 e. The summed E-state index contributed by atoms with van der Waals surface area (Å²) in [7, 11) is -1.07. The Bertz CT molecular complexity index is 1600. The number of amides is 1. The van der Waals surface area contributed by atoms with Crippen LogP contribution in [0.15, 0.2) is 29.9 Å². The fourth-order valence-electron chi connectivity index (χ4n) is 6.47. The highest BCUT2D eigenvalue weighted by molar-refractivity contribution is 7.91. The average Bonchev–Trinajstić information content (AvgIpc) is 3.44. The molecule has 0 radical (unpaired) electrons. The second kappa shape index (κ2) is 14.8. The molecule has 12 nitrogen and oxygen atoms in total. The molecule has 4 heterocycles. The fraction of sp³-hybridized carbons (Fsp3) is 0.636. The van der Waals surface area contributed by atoms with Crippen LogP contribution in [0.4, 0.5) is 9.18 Å². The molecule has 47 heavy (non-hydrogen) atoms. The number of sulfone groups is 1. The van der Waals surface area contributed by atoms with Gasteiger partial charge in [0.1, 0.15) is 27.6 Å². The lowest BCUT2D eigenvalue weighted by Gasteiger charge is -2.33. The number of rotatable bonds is 4. The highest BCUT2D eigenvalue weighted by atomic mass is 32.2. The number of aliphatic hydroxyl groups is 1. The van der Waals surface area contributed by atoms with Crippen LogP contribution in [0, 0.1) is 17.7 Å². The molecule has 1 N–H and O–H groups in total. The van der Waals surface area contributed by atoms with Crippen molar-refractivity contribution in [3.05, 3.63) is 41.2 Å². The predicted molar refractivity (Wildman–Crippen MR) is 175 cm³/mol. The first-order chi connectivity index (χ1) is 22.3. The van der Waals surface area contributed by atoms with Crippen LogP contribution in [-0.4, -0.2) is 113 Å². The first kappa shape index (κ1) is 35.0. The molecule has 258 valence electrons. The number of hydrogen-bond acceptors (Lipinski definition) is 10.